The van der Waals surface area contributed by atoms with Crippen molar-refractivity contribution in [2.24, 2.45) is 0 Å². The summed E-state index contributed by atoms with van der Waals surface area (Å²) in [4.78, 5) is 8.28. The van der Waals surface area contributed by atoms with Gasteiger partial charge in [-0.05, 0) is 37.6 Å². The molecular weight excluding hydrogens is 408 g/mol. The molecule has 1 aliphatic carbocycles. The minimum absolute atomic E-state index is 0.0185. The summed E-state index contributed by atoms with van der Waals surface area (Å²) < 4.78 is 36.2. The van der Waals surface area contributed by atoms with E-state index in [1.54, 1.807) is 6.92 Å². The van der Waals surface area contributed by atoms with Crippen molar-refractivity contribution in [3.8, 4) is 5.75 Å². The first-order chi connectivity index (χ1) is 14.8. The Morgan fingerprint density at radius 3 is 2.77 bits per heavy atom. The second kappa shape index (κ2) is 7.40. The molecule has 0 amide bonds. The monoisotopic (exact) mass is 431 g/mol. The number of aromatic nitrogens is 3. The first-order valence-corrected chi connectivity index (χ1v) is 10.2. The predicted octanol–water partition coefficient (Wildman–Crippen LogP) is 1.36. The molecule has 3 heterocycles. The van der Waals surface area contributed by atoms with E-state index in [9.17, 15) is 19.0 Å². The highest BCUT2D eigenvalue weighted by Crippen LogP contribution is 2.38. The maximum Gasteiger partial charge on any atom is 0.154 e. The van der Waals surface area contributed by atoms with Gasteiger partial charge in [0.2, 0.25) is 0 Å². The Kier molecular flexibility index (Phi) is 4.80. The van der Waals surface area contributed by atoms with Crippen molar-refractivity contribution < 1.29 is 23.7 Å². The minimum Gasteiger partial charge on any atom is -0.487 e. The van der Waals surface area contributed by atoms with Gasteiger partial charge in [0, 0.05) is 24.7 Å². The number of aryl methyl sites for hydroxylation is 1. The maximum atomic E-state index is 14.5. The maximum absolute atomic E-state index is 14.5. The number of ether oxygens (including phenoxy) is 1. The number of nitrogens with zero attached hydrogens (tertiary/aromatic N) is 3. The molecule has 2 unspecified atom stereocenters. The highest BCUT2D eigenvalue weighted by molar-refractivity contribution is 5.87. The highest BCUT2D eigenvalue weighted by Gasteiger charge is 2.45. The number of halogens is 2. The van der Waals surface area contributed by atoms with Gasteiger partial charge in [-0.3, -0.25) is 0 Å². The normalized spacial score (nSPS) is 25.7. The zero-order chi connectivity index (χ0) is 21.9. The van der Waals surface area contributed by atoms with Gasteiger partial charge in [0.25, 0.3) is 0 Å². The van der Waals surface area contributed by atoms with E-state index in [0.29, 0.717) is 42.2 Å². The van der Waals surface area contributed by atoms with Crippen molar-refractivity contribution in [3.05, 3.63) is 46.9 Å². The molecule has 0 bridgehead atoms. The quantitative estimate of drug-likeness (QED) is 0.495. The molecule has 8 nitrogen and oxygen atoms in total. The second-order valence-corrected chi connectivity index (χ2v) is 8.11. The molecule has 2 aromatic heterocycles. The molecule has 164 valence electrons. The molecule has 1 aromatic carbocycles. The minimum atomic E-state index is -1.22. The topological polar surface area (TPSA) is 118 Å². The van der Waals surface area contributed by atoms with Crippen molar-refractivity contribution in [3.63, 3.8) is 0 Å². The van der Waals surface area contributed by atoms with E-state index in [1.807, 2.05) is 0 Å². The van der Waals surface area contributed by atoms with Gasteiger partial charge in [0.05, 0.1) is 11.4 Å². The van der Waals surface area contributed by atoms with Gasteiger partial charge in [-0.1, -0.05) is 0 Å². The van der Waals surface area contributed by atoms with Gasteiger partial charge in [0.1, 0.15) is 47.2 Å². The first-order valence-electron chi connectivity index (χ1n) is 10.2. The predicted molar refractivity (Wildman–Crippen MR) is 109 cm³/mol. The van der Waals surface area contributed by atoms with Crippen LogP contribution in [0.25, 0.3) is 11.0 Å². The Labute approximate surface area is 176 Å². The number of aliphatic hydroxyl groups excluding tert-OH is 2. The lowest BCUT2D eigenvalue weighted by Crippen LogP contribution is -2.35. The summed E-state index contributed by atoms with van der Waals surface area (Å²) in [5.41, 5.74) is 7.43. The molecule has 5 rings (SSSR count). The largest absolute Gasteiger partial charge is 0.487 e. The first kappa shape index (κ1) is 20.1. The van der Waals surface area contributed by atoms with Crippen molar-refractivity contribution in [1.82, 2.24) is 19.9 Å². The van der Waals surface area contributed by atoms with Crippen LogP contribution in [0.5, 0.6) is 5.75 Å². The van der Waals surface area contributed by atoms with E-state index in [2.05, 4.69) is 15.3 Å². The second-order valence-electron chi connectivity index (χ2n) is 8.11. The molecule has 0 saturated heterocycles. The van der Waals surface area contributed by atoms with E-state index in [1.165, 1.54) is 22.9 Å². The number of nitrogen functional groups attached to an aromatic ring is 1. The summed E-state index contributed by atoms with van der Waals surface area (Å²) in [6.45, 7) is 2.78. The van der Waals surface area contributed by atoms with Crippen molar-refractivity contribution in [1.29, 1.82) is 0 Å². The molecule has 4 atom stereocenters. The Hall–Kier alpha value is -2.82. The zero-order valence-corrected chi connectivity index (χ0v) is 16.8. The van der Waals surface area contributed by atoms with Crippen LogP contribution in [-0.4, -0.2) is 49.6 Å². The van der Waals surface area contributed by atoms with Gasteiger partial charge in [-0.2, -0.15) is 0 Å². The third kappa shape index (κ3) is 3.22. The number of hydrogen-bond acceptors (Lipinski definition) is 7. The number of rotatable bonds is 3. The Morgan fingerprint density at radius 1 is 1.16 bits per heavy atom. The van der Waals surface area contributed by atoms with Gasteiger partial charge in [-0.15, -0.1) is 0 Å². The summed E-state index contributed by atoms with van der Waals surface area (Å²) in [6, 6.07) is 2.21. The van der Waals surface area contributed by atoms with Crippen LogP contribution >= 0.6 is 0 Å². The van der Waals surface area contributed by atoms with Crippen LogP contribution in [0, 0.1) is 18.6 Å². The smallest absolute Gasteiger partial charge is 0.154 e. The summed E-state index contributed by atoms with van der Waals surface area (Å²) in [7, 11) is 0. The van der Waals surface area contributed by atoms with E-state index >= 15 is 0 Å². The van der Waals surface area contributed by atoms with Crippen LogP contribution in [-0.2, 0) is 13.0 Å². The lowest BCUT2D eigenvalue weighted by Gasteiger charge is -2.24. The fourth-order valence-electron chi connectivity index (χ4n) is 4.66. The van der Waals surface area contributed by atoms with Crippen molar-refractivity contribution >= 4 is 16.9 Å². The molecule has 1 aliphatic heterocycles. The van der Waals surface area contributed by atoms with Gasteiger partial charge in [-0.25, -0.2) is 18.7 Å². The number of benzene rings is 1. The average Bonchev–Trinajstić information content (AvgIpc) is 3.21. The van der Waals surface area contributed by atoms with Gasteiger partial charge >= 0.3 is 0 Å². The summed E-state index contributed by atoms with van der Waals surface area (Å²) in [5.74, 6) is -0.0278. The number of anilines is 1. The van der Waals surface area contributed by atoms with Crippen LogP contribution in [0.1, 0.15) is 29.4 Å². The number of fused-ring (bicyclic) bond motifs is 2. The number of hydrogen-bond donors (Lipinski definition) is 4. The van der Waals surface area contributed by atoms with Crippen LogP contribution in [0.2, 0.25) is 0 Å². The Balaban J connectivity index is 1.48. The van der Waals surface area contributed by atoms with E-state index in [0.717, 1.165) is 0 Å². The Bertz CT molecular complexity index is 1170. The molecule has 1 saturated carbocycles. The molecule has 2 aliphatic rings. The molecular formula is C21H23F2N5O3. The van der Waals surface area contributed by atoms with E-state index in [4.69, 9.17) is 10.5 Å². The molecule has 31 heavy (non-hydrogen) atoms. The zero-order valence-electron chi connectivity index (χ0n) is 16.8. The molecule has 1 fully saturated rings. The molecule has 0 radical (unpaired) electrons. The number of nitrogens with two attached hydrogens (primary N) is 1. The highest BCUT2D eigenvalue weighted by atomic mass is 19.1. The van der Waals surface area contributed by atoms with Gasteiger partial charge < -0.3 is 30.6 Å². The van der Waals surface area contributed by atoms with Gasteiger partial charge in [0.15, 0.2) is 5.82 Å². The van der Waals surface area contributed by atoms with Crippen LogP contribution in [0.3, 0.4) is 0 Å². The van der Waals surface area contributed by atoms with Crippen LogP contribution < -0.4 is 15.8 Å². The molecule has 3 aromatic rings. The summed E-state index contributed by atoms with van der Waals surface area (Å²) in [6.07, 6.45) is -1.24. The summed E-state index contributed by atoms with van der Waals surface area (Å²) >= 11 is 0. The van der Waals surface area contributed by atoms with Crippen LogP contribution in [0.15, 0.2) is 18.3 Å². The third-order valence-corrected chi connectivity index (χ3v) is 6.18. The average molecular weight is 431 g/mol. The number of nitrogens with one attached hydrogen (secondary N) is 1. The SMILES string of the molecule is Cc1nc(N)c2c(F)cn(C3CC(Oc4ccc(F)c5c4CNCC5)[C@@H](O)[C@H]3O)c2n1. The van der Waals surface area contributed by atoms with Crippen molar-refractivity contribution in [2.75, 3.05) is 12.3 Å². The molecule has 10 heteroatoms. The van der Waals surface area contributed by atoms with E-state index < -0.39 is 30.2 Å². The fourth-order valence-corrected chi connectivity index (χ4v) is 4.66. The lowest BCUT2D eigenvalue weighted by atomic mass is 9.99. The third-order valence-electron chi connectivity index (χ3n) is 6.18. The Morgan fingerprint density at radius 2 is 1.97 bits per heavy atom. The van der Waals surface area contributed by atoms with E-state index in [-0.39, 0.29) is 29.1 Å². The van der Waals surface area contributed by atoms with Crippen LogP contribution in [0.4, 0.5) is 14.6 Å². The number of aliphatic hydroxyl groups is 2. The summed E-state index contributed by atoms with van der Waals surface area (Å²) in [5, 5.41) is 24.7. The molecule has 0 spiro atoms. The van der Waals surface area contributed by atoms with Crippen molar-refractivity contribution in [2.45, 2.75) is 50.7 Å². The molecule has 5 N–H and O–H groups in total. The standard InChI is InChI=1S/C21H23F2N5O3/c1-9-26-20(24)17-13(23)8-28(21(17)27-9)14-6-16(19(30)18(14)29)31-15-3-2-12(22)10-4-5-25-7-11(10)15/h2-3,8,14,16,18-19,25,29-30H,4-7H2,1H3,(H2,24,26,27)/t14?,16?,18-,19+/m0/s1. The lowest BCUT2D eigenvalue weighted by molar-refractivity contribution is -0.0167. The fraction of sp³-hybridized carbons (Fsp3) is 0.429.